The van der Waals surface area contributed by atoms with Gasteiger partial charge < -0.3 is 24.8 Å². The molecule has 45 heavy (non-hydrogen) atoms. The Labute approximate surface area is 262 Å². The van der Waals surface area contributed by atoms with E-state index in [9.17, 15) is 19.5 Å². The zero-order valence-electron chi connectivity index (χ0n) is 25.6. The fourth-order valence-electron chi connectivity index (χ4n) is 5.30. The van der Waals surface area contributed by atoms with Crippen LogP contribution in [0.15, 0.2) is 91.0 Å². The molecule has 0 bridgehead atoms. The van der Waals surface area contributed by atoms with E-state index in [1.165, 1.54) is 0 Å². The molecule has 4 aromatic rings. The van der Waals surface area contributed by atoms with Crippen molar-refractivity contribution in [2.75, 3.05) is 13.1 Å². The molecule has 9 heteroatoms. The molecular formula is C36H37N3O6. The van der Waals surface area contributed by atoms with Crippen molar-refractivity contribution in [2.45, 2.75) is 51.2 Å². The van der Waals surface area contributed by atoms with Crippen molar-refractivity contribution in [1.82, 2.24) is 10.2 Å². The van der Waals surface area contributed by atoms with Gasteiger partial charge >= 0.3 is 12.1 Å². The molecule has 1 heterocycles. The molecule has 1 aliphatic heterocycles. The van der Waals surface area contributed by atoms with Gasteiger partial charge in [-0.05, 0) is 79.4 Å². The lowest BCUT2D eigenvalue weighted by Gasteiger charge is -2.24. The van der Waals surface area contributed by atoms with Crippen LogP contribution in [0.3, 0.4) is 0 Å². The lowest BCUT2D eigenvalue weighted by Crippen LogP contribution is -2.36. The van der Waals surface area contributed by atoms with Crippen LogP contribution >= 0.6 is 0 Å². The van der Waals surface area contributed by atoms with Gasteiger partial charge in [-0.15, -0.1) is 0 Å². The summed E-state index contributed by atoms with van der Waals surface area (Å²) in [7, 11) is 0. The van der Waals surface area contributed by atoms with Crippen molar-refractivity contribution in [2.24, 2.45) is 0 Å². The van der Waals surface area contributed by atoms with Crippen LogP contribution in [0.25, 0.3) is 10.8 Å². The second-order valence-corrected chi connectivity index (χ2v) is 12.2. The highest BCUT2D eigenvalue weighted by Crippen LogP contribution is 2.28. The molecule has 1 fully saturated rings. The molecule has 9 nitrogen and oxygen atoms in total. The van der Waals surface area contributed by atoms with Gasteiger partial charge in [0.25, 0.3) is 5.91 Å². The monoisotopic (exact) mass is 607 g/mol. The van der Waals surface area contributed by atoms with E-state index >= 15 is 0 Å². The number of carboxylic acids is 1. The van der Waals surface area contributed by atoms with Gasteiger partial charge in [0.2, 0.25) is 0 Å². The molecule has 232 valence electrons. The highest BCUT2D eigenvalue weighted by atomic mass is 16.6. The zero-order chi connectivity index (χ0) is 32.1. The fraction of sp³-hybridized carbons (Fsp3) is 0.278. The van der Waals surface area contributed by atoms with Gasteiger partial charge in [0.1, 0.15) is 23.3 Å². The molecule has 5 rings (SSSR count). The van der Waals surface area contributed by atoms with Gasteiger partial charge in [0.15, 0.2) is 0 Å². The Morgan fingerprint density at radius 1 is 0.933 bits per heavy atom. The minimum atomic E-state index is -0.938. The van der Waals surface area contributed by atoms with Crippen LogP contribution in [0, 0.1) is 5.41 Å². The number of aliphatic carboxylic acids is 1. The van der Waals surface area contributed by atoms with Crippen molar-refractivity contribution in [3.8, 4) is 5.75 Å². The van der Waals surface area contributed by atoms with E-state index < -0.39 is 17.5 Å². The largest absolute Gasteiger partial charge is 0.489 e. The third-order valence-electron chi connectivity index (χ3n) is 7.59. The van der Waals surface area contributed by atoms with Crippen molar-refractivity contribution in [3.63, 3.8) is 0 Å². The number of nitrogens with zero attached hydrogens (tertiary/aromatic N) is 1. The van der Waals surface area contributed by atoms with Crippen LogP contribution in [0.4, 0.5) is 4.79 Å². The average Bonchev–Trinajstić information content (AvgIpc) is 3.48. The number of carbonyl (C=O) groups excluding carboxylic acids is 2. The highest BCUT2D eigenvalue weighted by Gasteiger charge is 2.31. The zero-order valence-corrected chi connectivity index (χ0v) is 25.6. The van der Waals surface area contributed by atoms with Gasteiger partial charge in [-0.3, -0.25) is 15.0 Å². The van der Waals surface area contributed by atoms with Crippen LogP contribution in [0.1, 0.15) is 60.2 Å². The number of carboxylic acid groups (broad SMARTS) is 1. The summed E-state index contributed by atoms with van der Waals surface area (Å²) in [5.74, 6) is -1.49. The van der Waals surface area contributed by atoms with Crippen LogP contribution < -0.4 is 10.1 Å². The highest BCUT2D eigenvalue weighted by molar-refractivity contribution is 6.12. The Morgan fingerprint density at radius 3 is 2.33 bits per heavy atom. The first-order chi connectivity index (χ1) is 21.4. The van der Waals surface area contributed by atoms with E-state index in [1.807, 2.05) is 57.2 Å². The maximum atomic E-state index is 12.5. The number of hydrogen-bond donors (Lipinski definition) is 3. The molecule has 0 saturated carbocycles. The van der Waals surface area contributed by atoms with E-state index in [4.69, 9.17) is 14.9 Å². The number of benzene rings is 4. The first-order valence-corrected chi connectivity index (χ1v) is 14.9. The standard InChI is InChI=1S/C36H37N3O6/c1-36(2,3)45-35(43)39-18-17-30(22-39)44-29-15-13-25(14-16-29)31(34(41)42)20-23-9-10-24-11-12-27(21-28(24)19-23)32(37)38-33(40)26-7-5-4-6-8-26/h4-16,19,21,30-31H,17-18,20,22H2,1-3H3,(H,41,42)(H2,37,38,40)/t30-,31-/m0/s1. The van der Waals surface area contributed by atoms with Crippen molar-refractivity contribution in [3.05, 3.63) is 113 Å². The quantitative estimate of drug-likeness (QED) is 0.157. The van der Waals surface area contributed by atoms with Gasteiger partial charge in [0.05, 0.1) is 12.5 Å². The number of ether oxygens (including phenoxy) is 2. The average molecular weight is 608 g/mol. The minimum Gasteiger partial charge on any atom is -0.489 e. The van der Waals surface area contributed by atoms with Gasteiger partial charge in [0, 0.05) is 24.1 Å². The van der Waals surface area contributed by atoms with E-state index in [2.05, 4.69) is 5.32 Å². The molecule has 2 atom stereocenters. The summed E-state index contributed by atoms with van der Waals surface area (Å²) in [6.45, 7) is 6.48. The normalized spacial score (nSPS) is 15.4. The summed E-state index contributed by atoms with van der Waals surface area (Å²) in [6, 6.07) is 27.0. The smallest absolute Gasteiger partial charge is 0.410 e. The maximum absolute atomic E-state index is 12.5. The number of rotatable bonds is 8. The van der Waals surface area contributed by atoms with E-state index in [1.54, 1.807) is 59.5 Å². The molecule has 0 aromatic heterocycles. The molecule has 4 aromatic carbocycles. The molecule has 3 N–H and O–H groups in total. The molecule has 0 unspecified atom stereocenters. The predicted molar refractivity (Wildman–Crippen MR) is 172 cm³/mol. The molecule has 0 radical (unpaired) electrons. The second-order valence-electron chi connectivity index (χ2n) is 12.2. The Bertz CT molecular complexity index is 1710. The summed E-state index contributed by atoms with van der Waals surface area (Å²) in [5.41, 5.74) is 1.93. The van der Waals surface area contributed by atoms with Gasteiger partial charge in [-0.25, -0.2) is 4.79 Å². The number of likely N-dealkylation sites (tertiary alicyclic amines) is 1. The van der Waals surface area contributed by atoms with Crippen LogP contribution in [-0.4, -0.2) is 58.6 Å². The Hall–Kier alpha value is -5.18. The van der Waals surface area contributed by atoms with E-state index in [-0.39, 0.29) is 30.4 Å². The molecule has 0 aliphatic carbocycles. The Kier molecular flexibility index (Phi) is 9.18. The van der Waals surface area contributed by atoms with E-state index in [0.717, 1.165) is 16.3 Å². The summed E-state index contributed by atoms with van der Waals surface area (Å²) in [5, 5.41) is 23.0. The van der Waals surface area contributed by atoms with Gasteiger partial charge in [-0.1, -0.05) is 60.7 Å². The van der Waals surface area contributed by atoms with E-state index in [0.29, 0.717) is 42.0 Å². The summed E-state index contributed by atoms with van der Waals surface area (Å²) in [4.78, 5) is 38.9. The van der Waals surface area contributed by atoms with Crippen LogP contribution in [-0.2, 0) is 16.0 Å². The van der Waals surface area contributed by atoms with Crippen LogP contribution in [0.2, 0.25) is 0 Å². The fourth-order valence-corrected chi connectivity index (χ4v) is 5.30. The molecule has 1 saturated heterocycles. The maximum Gasteiger partial charge on any atom is 0.410 e. The molecule has 2 amide bonds. The number of amidine groups is 1. The van der Waals surface area contributed by atoms with Gasteiger partial charge in [-0.2, -0.15) is 0 Å². The number of amides is 2. The first-order valence-electron chi connectivity index (χ1n) is 14.9. The number of carbonyl (C=O) groups is 3. The minimum absolute atomic E-state index is 0.0166. The third-order valence-corrected chi connectivity index (χ3v) is 7.59. The number of fused-ring (bicyclic) bond motifs is 1. The lowest BCUT2D eigenvalue weighted by atomic mass is 9.91. The Balaban J connectivity index is 1.23. The Morgan fingerprint density at radius 2 is 1.64 bits per heavy atom. The molecule has 1 aliphatic rings. The molecular weight excluding hydrogens is 570 g/mol. The predicted octanol–water partition coefficient (Wildman–Crippen LogP) is 6.39. The first kappa shape index (κ1) is 31.3. The van der Waals surface area contributed by atoms with Crippen molar-refractivity contribution in [1.29, 1.82) is 5.41 Å². The summed E-state index contributed by atoms with van der Waals surface area (Å²) in [6.07, 6.45) is 0.424. The van der Waals surface area contributed by atoms with Crippen LogP contribution in [0.5, 0.6) is 5.75 Å². The van der Waals surface area contributed by atoms with Crippen molar-refractivity contribution >= 4 is 34.6 Å². The lowest BCUT2D eigenvalue weighted by molar-refractivity contribution is -0.138. The topological polar surface area (TPSA) is 129 Å². The molecule has 0 spiro atoms. The second kappa shape index (κ2) is 13.2. The summed E-state index contributed by atoms with van der Waals surface area (Å²) >= 11 is 0. The number of nitrogens with one attached hydrogen (secondary N) is 2. The summed E-state index contributed by atoms with van der Waals surface area (Å²) < 4.78 is 11.5. The SMILES string of the molecule is CC(C)(C)OC(=O)N1CC[C@H](Oc2ccc([C@H](Cc3ccc4ccc(C(=N)NC(=O)c5ccccc5)cc4c3)C(=O)O)cc2)C1. The van der Waals surface area contributed by atoms with Crippen molar-refractivity contribution < 1.29 is 29.0 Å². The third kappa shape index (κ3) is 8.06. The number of hydrogen-bond acceptors (Lipinski definition) is 6.